The molecule has 0 spiro atoms. The summed E-state index contributed by atoms with van der Waals surface area (Å²) in [5, 5.41) is 19.8. The molecule has 2 aromatic rings. The number of nitriles is 2. The predicted molar refractivity (Wildman–Crippen MR) is 213 cm³/mol. The van der Waals surface area contributed by atoms with E-state index < -0.39 is 22.6 Å². The molecule has 4 aliphatic rings. The molecule has 0 N–H and O–H groups in total. The average Bonchev–Trinajstić information content (AvgIpc) is 3.66. The molecule has 2 aliphatic carbocycles. The number of ether oxygens (including phenoxy) is 3. The first-order chi connectivity index (χ1) is 27.9. The molecule has 14 heteroatoms. The highest BCUT2D eigenvalue weighted by Crippen LogP contribution is 2.46. The summed E-state index contributed by atoms with van der Waals surface area (Å²) >= 11 is 0. The second-order valence-electron chi connectivity index (χ2n) is 15.8. The van der Waals surface area contributed by atoms with Crippen LogP contribution in [0.2, 0.25) is 0 Å². The molecule has 2 aliphatic heterocycles. The van der Waals surface area contributed by atoms with E-state index in [2.05, 4.69) is 21.9 Å². The van der Waals surface area contributed by atoms with Crippen molar-refractivity contribution >= 4 is 12.2 Å². The van der Waals surface area contributed by atoms with Gasteiger partial charge in [-0.2, -0.15) is 23.7 Å². The van der Waals surface area contributed by atoms with Gasteiger partial charge in [0.15, 0.2) is 0 Å². The summed E-state index contributed by atoms with van der Waals surface area (Å²) in [6, 6.07) is 19.0. The Balaban J connectivity index is 0.000000221. The van der Waals surface area contributed by atoms with E-state index >= 15 is 0 Å². The van der Waals surface area contributed by atoms with Crippen molar-refractivity contribution in [3.05, 3.63) is 65.2 Å². The van der Waals surface area contributed by atoms with Crippen molar-refractivity contribution in [2.75, 3.05) is 72.7 Å². The Morgan fingerprint density at radius 2 is 1.16 bits per heavy atom. The van der Waals surface area contributed by atoms with Crippen LogP contribution in [0.3, 0.4) is 0 Å². The van der Waals surface area contributed by atoms with Gasteiger partial charge >= 0.3 is 18.4 Å². The average molecular weight is 809 g/mol. The number of hydrogen-bond acceptors (Lipinski definition) is 9. The van der Waals surface area contributed by atoms with Crippen LogP contribution in [-0.4, -0.2) is 117 Å². The van der Waals surface area contributed by atoms with Crippen molar-refractivity contribution in [2.24, 2.45) is 0 Å². The number of benzene rings is 2. The van der Waals surface area contributed by atoms with E-state index in [-0.39, 0.29) is 23.8 Å². The first kappa shape index (κ1) is 44.6. The van der Waals surface area contributed by atoms with E-state index in [1.54, 1.807) is 25.0 Å². The van der Waals surface area contributed by atoms with E-state index in [1.807, 2.05) is 36.1 Å². The van der Waals surface area contributed by atoms with Crippen LogP contribution in [-0.2, 0) is 26.5 Å². The Kier molecular flexibility index (Phi) is 15.7. The van der Waals surface area contributed by atoms with Gasteiger partial charge in [0.1, 0.15) is 5.75 Å². The van der Waals surface area contributed by atoms with Gasteiger partial charge in [0.05, 0.1) is 48.9 Å². The zero-order valence-corrected chi connectivity index (χ0v) is 34.3. The number of carbonyl (C=O) groups is 2. The molecule has 0 bridgehead atoms. The van der Waals surface area contributed by atoms with Gasteiger partial charge in [-0.05, 0) is 107 Å². The van der Waals surface area contributed by atoms with Crippen LogP contribution in [0.25, 0.3) is 0 Å². The fourth-order valence-electron chi connectivity index (χ4n) is 9.28. The lowest BCUT2D eigenvalue weighted by atomic mass is 9.67. The molecule has 0 aromatic heterocycles. The zero-order valence-electron chi connectivity index (χ0n) is 34.3. The van der Waals surface area contributed by atoms with Gasteiger partial charge in [0, 0.05) is 64.4 Å². The molecular weight excluding hydrogens is 750 g/mol. The standard InChI is InChI=1S/C22H28F3N3O2.C22H31N3O3/c1-2-30-20(29)28-13-5-12-27(14-15-28)17-8-10-21(16-26,11-9-17)18-6-3-4-7-19(18)22(23,24)25;1-3-28-21(26)25-14-4-13-24(15-16-25)19-9-11-22(17-23,12-10-19)18-5-7-20(27-2)8-6-18/h3-4,6-7,17H,2,5,8-15H2,1H3;5-8,19H,3-4,9-16H2,1-2H3. The number of halogens is 3. The van der Waals surface area contributed by atoms with Crippen LogP contribution >= 0.6 is 0 Å². The minimum atomic E-state index is -4.47. The number of hydrogen-bond donors (Lipinski definition) is 0. The van der Waals surface area contributed by atoms with E-state index in [0.29, 0.717) is 64.6 Å². The van der Waals surface area contributed by atoms with Crippen molar-refractivity contribution in [3.63, 3.8) is 0 Å². The molecule has 2 saturated heterocycles. The minimum absolute atomic E-state index is 0.0998. The molecule has 0 unspecified atom stereocenters. The number of carbonyl (C=O) groups excluding carboxylic acids is 2. The normalized spacial score (nSPS) is 26.1. The van der Waals surface area contributed by atoms with Gasteiger partial charge in [-0.15, -0.1) is 0 Å². The van der Waals surface area contributed by atoms with Crippen molar-refractivity contribution in [1.29, 1.82) is 10.5 Å². The monoisotopic (exact) mass is 808 g/mol. The maximum Gasteiger partial charge on any atom is 0.416 e. The van der Waals surface area contributed by atoms with Crippen molar-refractivity contribution in [2.45, 2.75) is 107 Å². The SMILES string of the molecule is CCOC(=O)N1CCCN(C2CCC(C#N)(c3ccc(OC)cc3)CC2)CC1.CCOC(=O)N1CCCN(C2CCC(C#N)(c3ccccc3C(F)(F)F)CC2)CC1. The van der Waals surface area contributed by atoms with Crippen LogP contribution in [0.5, 0.6) is 5.75 Å². The van der Waals surface area contributed by atoms with Gasteiger partial charge in [-0.25, -0.2) is 9.59 Å². The van der Waals surface area contributed by atoms with E-state index in [0.717, 1.165) is 88.6 Å². The minimum Gasteiger partial charge on any atom is -0.497 e. The van der Waals surface area contributed by atoms with E-state index in [9.17, 15) is 33.3 Å². The van der Waals surface area contributed by atoms with Crippen molar-refractivity contribution in [1.82, 2.24) is 19.6 Å². The van der Waals surface area contributed by atoms with E-state index in [1.165, 1.54) is 12.1 Å². The third-order valence-corrected chi connectivity index (χ3v) is 12.6. The zero-order chi connectivity index (χ0) is 41.8. The summed E-state index contributed by atoms with van der Waals surface area (Å²) in [5.74, 6) is 0.821. The molecule has 2 aromatic carbocycles. The van der Waals surface area contributed by atoms with Crippen molar-refractivity contribution < 1.29 is 37.0 Å². The van der Waals surface area contributed by atoms with Crippen LogP contribution in [0.1, 0.15) is 94.7 Å². The highest BCUT2D eigenvalue weighted by Gasteiger charge is 2.45. The fourth-order valence-corrected chi connectivity index (χ4v) is 9.28. The number of rotatable bonds is 7. The number of amides is 2. The second kappa shape index (κ2) is 20.4. The molecule has 2 saturated carbocycles. The van der Waals surface area contributed by atoms with Gasteiger partial charge in [0.25, 0.3) is 0 Å². The Hall–Kier alpha value is -4.53. The van der Waals surface area contributed by atoms with Crippen LogP contribution in [0.4, 0.5) is 22.8 Å². The van der Waals surface area contributed by atoms with Gasteiger partial charge < -0.3 is 24.0 Å². The molecule has 58 heavy (non-hydrogen) atoms. The lowest BCUT2D eigenvalue weighted by Crippen LogP contribution is -2.44. The third kappa shape index (κ3) is 10.7. The summed E-state index contributed by atoms with van der Waals surface area (Å²) in [5.41, 5.74) is -1.01. The first-order valence-electron chi connectivity index (χ1n) is 20.9. The number of nitrogens with zero attached hydrogens (tertiary/aromatic N) is 6. The Labute approximate surface area is 341 Å². The van der Waals surface area contributed by atoms with Crippen LogP contribution in [0.15, 0.2) is 48.5 Å². The molecule has 0 atom stereocenters. The molecule has 6 rings (SSSR count). The number of alkyl halides is 3. The lowest BCUT2D eigenvalue weighted by molar-refractivity contribution is -0.138. The molecule has 0 radical (unpaired) electrons. The van der Waals surface area contributed by atoms with Crippen LogP contribution < -0.4 is 4.74 Å². The van der Waals surface area contributed by atoms with Gasteiger partial charge in [0.2, 0.25) is 0 Å². The number of methoxy groups -OCH3 is 1. The van der Waals surface area contributed by atoms with Crippen LogP contribution in [0, 0.1) is 22.7 Å². The fraction of sp³-hybridized carbons (Fsp3) is 0.636. The second-order valence-corrected chi connectivity index (χ2v) is 15.8. The first-order valence-corrected chi connectivity index (χ1v) is 20.9. The summed E-state index contributed by atoms with van der Waals surface area (Å²) < 4.78 is 56.0. The van der Waals surface area contributed by atoms with E-state index in [4.69, 9.17) is 14.2 Å². The summed E-state index contributed by atoms with van der Waals surface area (Å²) in [6.07, 6.45) is 2.74. The predicted octanol–water partition coefficient (Wildman–Crippen LogP) is 8.14. The molecular formula is C44H59F3N6O5. The molecule has 4 fully saturated rings. The Morgan fingerprint density at radius 3 is 1.59 bits per heavy atom. The lowest BCUT2D eigenvalue weighted by Gasteiger charge is -2.41. The smallest absolute Gasteiger partial charge is 0.416 e. The molecule has 2 amide bonds. The molecule has 2 heterocycles. The quantitative estimate of drug-likeness (QED) is 0.273. The highest BCUT2D eigenvalue weighted by molar-refractivity contribution is 5.68. The summed E-state index contributed by atoms with van der Waals surface area (Å²) in [7, 11) is 1.66. The van der Waals surface area contributed by atoms with Gasteiger partial charge in [-0.3, -0.25) is 9.80 Å². The maximum atomic E-state index is 13.5. The van der Waals surface area contributed by atoms with Crippen molar-refractivity contribution in [3.8, 4) is 17.9 Å². The Morgan fingerprint density at radius 1 is 0.690 bits per heavy atom. The maximum absolute atomic E-state index is 13.5. The third-order valence-electron chi connectivity index (χ3n) is 12.6. The molecule has 11 nitrogen and oxygen atoms in total. The summed E-state index contributed by atoms with van der Waals surface area (Å²) in [6.45, 7) is 10.5. The highest BCUT2D eigenvalue weighted by atomic mass is 19.4. The van der Waals surface area contributed by atoms with Gasteiger partial charge in [-0.1, -0.05) is 30.3 Å². The topological polar surface area (TPSA) is 122 Å². The Bertz CT molecular complexity index is 1730. The molecule has 316 valence electrons. The largest absolute Gasteiger partial charge is 0.497 e. The summed E-state index contributed by atoms with van der Waals surface area (Å²) in [4.78, 5) is 32.3.